The van der Waals surface area contributed by atoms with Gasteiger partial charge in [-0.25, -0.2) is 4.39 Å². The van der Waals surface area contributed by atoms with Crippen LogP contribution in [0, 0.1) is 12.7 Å². The molecule has 17 heavy (non-hydrogen) atoms. The number of aliphatic hydroxyl groups excluding tert-OH is 1. The van der Waals surface area contributed by atoms with Gasteiger partial charge in [0.2, 0.25) is 0 Å². The van der Waals surface area contributed by atoms with Crippen LogP contribution in [0.1, 0.15) is 22.8 Å². The van der Waals surface area contributed by atoms with Gasteiger partial charge in [-0.2, -0.15) is 0 Å². The quantitative estimate of drug-likeness (QED) is 0.888. The number of halogens is 2. The Morgan fingerprint density at radius 3 is 2.53 bits per heavy atom. The fraction of sp³-hybridized carbons (Fsp3) is 0.143. The Balaban J connectivity index is 2.40. The van der Waals surface area contributed by atoms with E-state index in [0.29, 0.717) is 11.1 Å². The van der Waals surface area contributed by atoms with Gasteiger partial charge in [0.25, 0.3) is 0 Å². The van der Waals surface area contributed by atoms with Crippen molar-refractivity contribution in [2.75, 3.05) is 0 Å². The molecule has 1 N–H and O–H groups in total. The van der Waals surface area contributed by atoms with Gasteiger partial charge in [-0.3, -0.25) is 0 Å². The Labute approximate surface area is 108 Å². The zero-order valence-corrected chi connectivity index (χ0v) is 10.9. The zero-order chi connectivity index (χ0) is 12.4. The van der Waals surface area contributed by atoms with Crippen molar-refractivity contribution >= 4 is 15.9 Å². The van der Waals surface area contributed by atoms with E-state index in [1.807, 2.05) is 24.3 Å². The molecule has 0 bridgehead atoms. The Kier molecular flexibility index (Phi) is 3.60. The molecule has 0 saturated heterocycles. The van der Waals surface area contributed by atoms with Gasteiger partial charge in [0, 0.05) is 4.47 Å². The third kappa shape index (κ3) is 2.56. The molecule has 0 aliphatic rings. The second-order valence-corrected chi connectivity index (χ2v) is 4.79. The summed E-state index contributed by atoms with van der Waals surface area (Å²) in [6, 6.07) is 12.2. The molecule has 2 aromatic rings. The molecule has 0 radical (unpaired) electrons. The molecule has 2 rings (SSSR count). The molecule has 0 heterocycles. The molecule has 2 aromatic carbocycles. The first kappa shape index (κ1) is 12.3. The van der Waals surface area contributed by atoms with E-state index in [2.05, 4.69) is 15.9 Å². The van der Waals surface area contributed by atoms with Crippen molar-refractivity contribution < 1.29 is 9.50 Å². The highest BCUT2D eigenvalue weighted by Crippen LogP contribution is 2.28. The minimum atomic E-state index is -0.819. The molecule has 0 saturated carbocycles. The lowest BCUT2D eigenvalue weighted by Crippen LogP contribution is -2.01. The maximum atomic E-state index is 13.4. The van der Waals surface area contributed by atoms with Crippen molar-refractivity contribution in [3.05, 3.63) is 69.4 Å². The topological polar surface area (TPSA) is 20.2 Å². The third-order valence-electron chi connectivity index (χ3n) is 2.71. The van der Waals surface area contributed by atoms with Crippen molar-refractivity contribution in [2.24, 2.45) is 0 Å². The van der Waals surface area contributed by atoms with Crippen molar-refractivity contribution in [3.63, 3.8) is 0 Å². The fourth-order valence-corrected chi connectivity index (χ4v) is 2.16. The van der Waals surface area contributed by atoms with Gasteiger partial charge in [-0.1, -0.05) is 46.3 Å². The monoisotopic (exact) mass is 294 g/mol. The van der Waals surface area contributed by atoms with Gasteiger partial charge in [0.15, 0.2) is 0 Å². The number of hydrogen-bond acceptors (Lipinski definition) is 1. The zero-order valence-electron chi connectivity index (χ0n) is 9.32. The SMILES string of the molecule is Cc1ccc([C@@H](O)c2ccccc2Br)cc1F. The van der Waals surface area contributed by atoms with E-state index in [-0.39, 0.29) is 5.82 Å². The molecule has 0 unspecified atom stereocenters. The average Bonchev–Trinajstić information content (AvgIpc) is 2.32. The highest BCUT2D eigenvalue weighted by molar-refractivity contribution is 9.10. The number of aryl methyl sites for hydroxylation is 1. The largest absolute Gasteiger partial charge is 0.384 e. The lowest BCUT2D eigenvalue weighted by Gasteiger charge is -2.13. The number of benzene rings is 2. The lowest BCUT2D eigenvalue weighted by molar-refractivity contribution is 0.219. The minimum Gasteiger partial charge on any atom is -0.384 e. The number of aliphatic hydroxyl groups is 1. The van der Waals surface area contributed by atoms with Crippen LogP contribution in [0.15, 0.2) is 46.9 Å². The van der Waals surface area contributed by atoms with Gasteiger partial charge >= 0.3 is 0 Å². The first-order valence-electron chi connectivity index (χ1n) is 5.28. The van der Waals surface area contributed by atoms with Gasteiger partial charge in [-0.15, -0.1) is 0 Å². The molecule has 0 spiro atoms. The third-order valence-corrected chi connectivity index (χ3v) is 3.43. The molecule has 0 aliphatic heterocycles. The molecule has 0 fully saturated rings. The van der Waals surface area contributed by atoms with Crippen LogP contribution < -0.4 is 0 Å². The van der Waals surface area contributed by atoms with Crippen LogP contribution in [-0.2, 0) is 0 Å². The van der Waals surface area contributed by atoms with Gasteiger partial charge in [-0.05, 0) is 35.7 Å². The molecule has 1 atom stereocenters. The number of hydrogen-bond donors (Lipinski definition) is 1. The van der Waals surface area contributed by atoms with Gasteiger partial charge in [0.05, 0.1) is 0 Å². The van der Waals surface area contributed by atoms with Crippen LogP contribution in [0.25, 0.3) is 0 Å². The Morgan fingerprint density at radius 2 is 1.88 bits per heavy atom. The summed E-state index contributed by atoms with van der Waals surface area (Å²) in [5.41, 5.74) is 1.86. The lowest BCUT2D eigenvalue weighted by atomic mass is 10.0. The Hall–Kier alpha value is -1.19. The second kappa shape index (κ2) is 4.98. The highest BCUT2D eigenvalue weighted by Gasteiger charge is 2.14. The maximum Gasteiger partial charge on any atom is 0.126 e. The van der Waals surface area contributed by atoms with Crippen molar-refractivity contribution in [1.29, 1.82) is 0 Å². The van der Waals surface area contributed by atoms with Crippen LogP contribution in [0.3, 0.4) is 0 Å². The first-order valence-corrected chi connectivity index (χ1v) is 6.07. The van der Waals surface area contributed by atoms with Crippen LogP contribution >= 0.6 is 15.9 Å². The fourth-order valence-electron chi connectivity index (χ4n) is 1.66. The van der Waals surface area contributed by atoms with Crippen LogP contribution in [0.2, 0.25) is 0 Å². The summed E-state index contributed by atoms with van der Waals surface area (Å²) in [5.74, 6) is -0.298. The van der Waals surface area contributed by atoms with E-state index in [0.717, 1.165) is 10.0 Å². The molecular weight excluding hydrogens is 283 g/mol. The standard InChI is InChI=1S/C14H12BrFO/c1-9-6-7-10(8-13(9)16)14(17)11-4-2-3-5-12(11)15/h2-8,14,17H,1H3/t14-/m1/s1. The van der Waals surface area contributed by atoms with Crippen LogP contribution in [0.5, 0.6) is 0 Å². The summed E-state index contributed by atoms with van der Waals surface area (Å²) in [6.07, 6.45) is -0.819. The summed E-state index contributed by atoms with van der Waals surface area (Å²) < 4.78 is 14.2. The molecule has 0 aliphatic carbocycles. The van der Waals surface area contributed by atoms with E-state index < -0.39 is 6.10 Å². The van der Waals surface area contributed by atoms with Crippen molar-refractivity contribution in [2.45, 2.75) is 13.0 Å². The average molecular weight is 295 g/mol. The molecule has 1 nitrogen and oxygen atoms in total. The summed E-state index contributed by atoms with van der Waals surface area (Å²) in [4.78, 5) is 0. The van der Waals surface area contributed by atoms with Crippen LogP contribution in [-0.4, -0.2) is 5.11 Å². The summed E-state index contributed by atoms with van der Waals surface area (Å²) in [5, 5.41) is 10.2. The maximum absolute atomic E-state index is 13.4. The minimum absolute atomic E-state index is 0.298. The second-order valence-electron chi connectivity index (χ2n) is 3.93. The Bertz CT molecular complexity index is 539. The van der Waals surface area contributed by atoms with E-state index in [1.54, 1.807) is 19.1 Å². The summed E-state index contributed by atoms with van der Waals surface area (Å²) >= 11 is 3.37. The van der Waals surface area contributed by atoms with E-state index in [4.69, 9.17) is 0 Å². The normalized spacial score (nSPS) is 12.5. The molecule has 0 amide bonds. The molecular formula is C14H12BrFO. The number of rotatable bonds is 2. The summed E-state index contributed by atoms with van der Waals surface area (Å²) in [6.45, 7) is 1.70. The molecule has 0 aromatic heterocycles. The highest BCUT2D eigenvalue weighted by atomic mass is 79.9. The predicted molar refractivity (Wildman–Crippen MR) is 69.3 cm³/mol. The Morgan fingerprint density at radius 1 is 1.18 bits per heavy atom. The van der Waals surface area contributed by atoms with Crippen molar-refractivity contribution in [3.8, 4) is 0 Å². The van der Waals surface area contributed by atoms with Gasteiger partial charge in [0.1, 0.15) is 11.9 Å². The van der Waals surface area contributed by atoms with Gasteiger partial charge < -0.3 is 5.11 Å². The molecule has 3 heteroatoms. The summed E-state index contributed by atoms with van der Waals surface area (Å²) in [7, 11) is 0. The molecule has 88 valence electrons. The van der Waals surface area contributed by atoms with E-state index >= 15 is 0 Å². The predicted octanol–water partition coefficient (Wildman–Crippen LogP) is 3.98. The van der Waals surface area contributed by atoms with Crippen molar-refractivity contribution in [1.82, 2.24) is 0 Å². The van der Waals surface area contributed by atoms with Crippen LogP contribution in [0.4, 0.5) is 4.39 Å². The van der Waals surface area contributed by atoms with E-state index in [9.17, 15) is 9.50 Å². The van der Waals surface area contributed by atoms with E-state index in [1.165, 1.54) is 6.07 Å². The first-order chi connectivity index (χ1) is 8.09. The smallest absolute Gasteiger partial charge is 0.126 e.